The molecule has 1 N–H and O–H groups in total. The zero-order chi connectivity index (χ0) is 21.8. The molecule has 1 fully saturated rings. The second kappa shape index (κ2) is 9.72. The minimum atomic E-state index is -0.0972. The van der Waals surface area contributed by atoms with E-state index >= 15 is 0 Å². The van der Waals surface area contributed by atoms with Crippen LogP contribution in [-0.4, -0.2) is 53.4 Å². The van der Waals surface area contributed by atoms with Gasteiger partial charge in [0.1, 0.15) is 5.01 Å². The van der Waals surface area contributed by atoms with Crippen molar-refractivity contribution >= 4 is 17.2 Å². The smallest absolute Gasteiger partial charge is 0.253 e. The van der Waals surface area contributed by atoms with Crippen LogP contribution in [0.5, 0.6) is 0 Å². The Morgan fingerprint density at radius 2 is 2.26 bits per heavy atom. The zero-order valence-corrected chi connectivity index (χ0v) is 19.0. The maximum absolute atomic E-state index is 12.8. The highest BCUT2D eigenvalue weighted by Gasteiger charge is 2.24. The Morgan fingerprint density at radius 3 is 2.97 bits per heavy atom. The zero-order valence-electron chi connectivity index (χ0n) is 18.2. The summed E-state index contributed by atoms with van der Waals surface area (Å²) < 4.78 is 13.1. The molecule has 3 aromatic rings. The number of nitrogens with one attached hydrogen (secondary N) is 1. The molecule has 3 aromatic heterocycles. The molecular formula is C23H28N4O3S. The first kappa shape index (κ1) is 21.7. The second-order valence-electron chi connectivity index (χ2n) is 7.75. The van der Waals surface area contributed by atoms with Crippen LogP contribution in [0.4, 0.5) is 0 Å². The van der Waals surface area contributed by atoms with Gasteiger partial charge in [-0.2, -0.15) is 0 Å². The summed E-state index contributed by atoms with van der Waals surface area (Å²) in [5.41, 5.74) is 5.35. The van der Waals surface area contributed by atoms with Gasteiger partial charge in [-0.3, -0.25) is 9.78 Å². The highest BCUT2D eigenvalue weighted by molar-refractivity contribution is 7.13. The Hall–Kier alpha value is -2.55. The summed E-state index contributed by atoms with van der Waals surface area (Å²) in [5, 5.41) is 5.89. The van der Waals surface area contributed by atoms with Crippen LogP contribution in [0.15, 0.2) is 29.8 Å². The Labute approximate surface area is 186 Å². The van der Waals surface area contributed by atoms with Gasteiger partial charge in [-0.05, 0) is 44.9 Å². The number of hydrogen-bond acceptors (Lipinski definition) is 6. The van der Waals surface area contributed by atoms with Crippen LogP contribution in [0.3, 0.4) is 0 Å². The quantitative estimate of drug-likeness (QED) is 0.539. The normalized spacial score (nSPS) is 16.0. The van der Waals surface area contributed by atoms with Gasteiger partial charge in [-0.25, -0.2) is 4.98 Å². The molecule has 0 radical (unpaired) electrons. The van der Waals surface area contributed by atoms with Gasteiger partial charge in [-0.15, -0.1) is 11.3 Å². The molecule has 0 bridgehead atoms. The Morgan fingerprint density at radius 1 is 1.39 bits per heavy atom. The topological polar surface area (TPSA) is 78.3 Å². The molecule has 1 saturated heterocycles. The van der Waals surface area contributed by atoms with Crippen LogP contribution in [0.25, 0.3) is 22.0 Å². The summed E-state index contributed by atoms with van der Waals surface area (Å²) in [4.78, 5) is 22.0. The summed E-state index contributed by atoms with van der Waals surface area (Å²) in [6.07, 6.45) is 4.12. The molecule has 1 amide bonds. The predicted octanol–water partition coefficient (Wildman–Crippen LogP) is 3.85. The molecule has 0 saturated carbocycles. The largest absolute Gasteiger partial charge is 0.383 e. The first-order valence-corrected chi connectivity index (χ1v) is 11.4. The Kier molecular flexibility index (Phi) is 6.80. The third-order valence-electron chi connectivity index (χ3n) is 5.54. The molecule has 0 aromatic carbocycles. The third-order valence-corrected chi connectivity index (χ3v) is 6.43. The second-order valence-corrected chi connectivity index (χ2v) is 8.61. The number of pyridine rings is 1. The number of rotatable bonds is 8. The average molecular weight is 441 g/mol. The number of carbonyl (C=O) groups excluding carboxylic acids is 1. The molecule has 1 unspecified atom stereocenters. The van der Waals surface area contributed by atoms with Gasteiger partial charge in [0.25, 0.3) is 5.91 Å². The minimum Gasteiger partial charge on any atom is -0.383 e. The summed E-state index contributed by atoms with van der Waals surface area (Å²) in [6, 6.07) is 5.97. The summed E-state index contributed by atoms with van der Waals surface area (Å²) >= 11 is 1.58. The van der Waals surface area contributed by atoms with Crippen LogP contribution < -0.4 is 5.32 Å². The third kappa shape index (κ3) is 4.87. The average Bonchev–Trinajstić information content (AvgIpc) is 3.51. The lowest BCUT2D eigenvalue weighted by atomic mass is 10.2. The fourth-order valence-electron chi connectivity index (χ4n) is 3.79. The number of nitrogens with zero attached hydrogens (tertiary/aromatic N) is 3. The van der Waals surface area contributed by atoms with Crippen molar-refractivity contribution < 1.29 is 14.3 Å². The fourth-order valence-corrected chi connectivity index (χ4v) is 4.60. The van der Waals surface area contributed by atoms with Gasteiger partial charge in [-0.1, -0.05) is 0 Å². The standard InChI is InChI=1S/C23H28N4O3S/c1-15-6-7-17(12-25-15)23-26-20(14-31-23)21-11-19(22(28)24-8-10-29-3)16(2)27(21)13-18-5-4-9-30-18/h6-7,11-12,14,18H,4-5,8-10,13H2,1-3H3,(H,24,28). The van der Waals surface area contributed by atoms with Gasteiger partial charge in [0, 0.05) is 55.3 Å². The van der Waals surface area contributed by atoms with Crippen molar-refractivity contribution in [3.8, 4) is 22.0 Å². The van der Waals surface area contributed by atoms with E-state index in [2.05, 4.69) is 14.9 Å². The first-order chi connectivity index (χ1) is 15.1. The summed E-state index contributed by atoms with van der Waals surface area (Å²) in [7, 11) is 1.62. The lowest BCUT2D eigenvalue weighted by molar-refractivity contribution is 0.0928. The van der Waals surface area contributed by atoms with Crippen LogP contribution in [0.1, 0.15) is 34.6 Å². The van der Waals surface area contributed by atoms with E-state index in [1.54, 1.807) is 18.4 Å². The molecule has 0 aliphatic carbocycles. The van der Waals surface area contributed by atoms with Crippen molar-refractivity contribution in [2.75, 3.05) is 26.9 Å². The van der Waals surface area contributed by atoms with E-state index in [1.807, 2.05) is 43.6 Å². The van der Waals surface area contributed by atoms with Gasteiger partial charge in [0.05, 0.1) is 29.7 Å². The molecule has 1 aliphatic rings. The lowest BCUT2D eigenvalue weighted by Gasteiger charge is -2.15. The maximum Gasteiger partial charge on any atom is 0.253 e. The number of ether oxygens (including phenoxy) is 2. The summed E-state index contributed by atoms with van der Waals surface area (Å²) in [5.74, 6) is -0.0972. The van der Waals surface area contributed by atoms with E-state index in [9.17, 15) is 4.79 Å². The SMILES string of the molecule is COCCNC(=O)c1cc(-c2csc(-c3ccc(C)nc3)n2)n(CC2CCCO2)c1C. The van der Waals surface area contributed by atoms with Gasteiger partial charge < -0.3 is 19.4 Å². The van der Waals surface area contributed by atoms with Gasteiger partial charge in [0.2, 0.25) is 0 Å². The van der Waals surface area contributed by atoms with Crippen molar-refractivity contribution in [3.05, 3.63) is 46.7 Å². The lowest BCUT2D eigenvalue weighted by Crippen LogP contribution is -2.27. The molecule has 8 heteroatoms. The van der Waals surface area contributed by atoms with E-state index in [1.165, 1.54) is 0 Å². The van der Waals surface area contributed by atoms with Crippen LogP contribution in [-0.2, 0) is 16.0 Å². The van der Waals surface area contributed by atoms with Gasteiger partial charge in [0.15, 0.2) is 0 Å². The van der Waals surface area contributed by atoms with Crippen molar-refractivity contribution in [1.29, 1.82) is 0 Å². The van der Waals surface area contributed by atoms with Gasteiger partial charge >= 0.3 is 0 Å². The maximum atomic E-state index is 12.8. The molecule has 164 valence electrons. The van der Waals surface area contributed by atoms with E-state index < -0.39 is 0 Å². The fraction of sp³-hybridized carbons (Fsp3) is 0.435. The number of aryl methyl sites for hydroxylation is 1. The van der Waals surface area contributed by atoms with E-state index in [-0.39, 0.29) is 12.0 Å². The van der Waals surface area contributed by atoms with Crippen molar-refractivity contribution in [1.82, 2.24) is 19.9 Å². The molecule has 7 nitrogen and oxygen atoms in total. The molecule has 31 heavy (non-hydrogen) atoms. The molecule has 4 heterocycles. The van der Waals surface area contributed by atoms with Crippen molar-refractivity contribution in [3.63, 3.8) is 0 Å². The number of hydrogen-bond donors (Lipinski definition) is 1. The minimum absolute atomic E-state index is 0.0972. The van der Waals surface area contributed by atoms with Crippen LogP contribution >= 0.6 is 11.3 Å². The molecule has 1 atom stereocenters. The van der Waals surface area contributed by atoms with Crippen LogP contribution in [0.2, 0.25) is 0 Å². The molecular weight excluding hydrogens is 412 g/mol. The number of amides is 1. The molecule has 1 aliphatic heterocycles. The highest BCUT2D eigenvalue weighted by atomic mass is 32.1. The summed E-state index contributed by atoms with van der Waals surface area (Å²) in [6.45, 7) is 6.42. The van der Waals surface area contributed by atoms with Crippen molar-refractivity contribution in [2.24, 2.45) is 0 Å². The van der Waals surface area contributed by atoms with E-state index in [0.29, 0.717) is 25.3 Å². The monoisotopic (exact) mass is 440 g/mol. The number of aromatic nitrogens is 3. The Balaban J connectivity index is 1.67. The highest BCUT2D eigenvalue weighted by Crippen LogP contribution is 2.32. The van der Waals surface area contributed by atoms with E-state index in [4.69, 9.17) is 14.5 Å². The number of carbonyl (C=O) groups is 1. The number of thiazole rings is 1. The predicted molar refractivity (Wildman–Crippen MR) is 121 cm³/mol. The van der Waals surface area contributed by atoms with Crippen LogP contribution in [0, 0.1) is 13.8 Å². The molecule has 0 spiro atoms. The van der Waals surface area contributed by atoms with E-state index in [0.717, 1.165) is 52.8 Å². The molecule has 4 rings (SSSR count). The van der Waals surface area contributed by atoms with Crippen molar-refractivity contribution in [2.45, 2.75) is 39.3 Å². The number of methoxy groups -OCH3 is 1. The Bertz CT molecular complexity index is 1040. The first-order valence-electron chi connectivity index (χ1n) is 10.5.